The summed E-state index contributed by atoms with van der Waals surface area (Å²) in [5, 5.41) is 9.39. The SMILES string of the molecule is COc1cc2cnnc(C(=O)c3ccccc3)c2cc1OC. The van der Waals surface area contributed by atoms with Crippen molar-refractivity contribution in [2.45, 2.75) is 0 Å². The van der Waals surface area contributed by atoms with Gasteiger partial charge in [-0.2, -0.15) is 5.10 Å². The van der Waals surface area contributed by atoms with Crippen LogP contribution in [-0.4, -0.2) is 30.2 Å². The van der Waals surface area contributed by atoms with Crippen LogP contribution in [0, 0.1) is 0 Å². The van der Waals surface area contributed by atoms with Crippen molar-refractivity contribution in [3.8, 4) is 11.5 Å². The zero-order valence-electron chi connectivity index (χ0n) is 12.2. The van der Waals surface area contributed by atoms with E-state index in [9.17, 15) is 4.79 Å². The standard InChI is InChI=1S/C17H14N2O3/c1-21-14-8-12-10-18-19-16(13(12)9-15(14)22-2)17(20)11-6-4-3-5-7-11/h3-10H,1-2H3. The minimum Gasteiger partial charge on any atom is -0.493 e. The molecule has 0 atom stereocenters. The maximum atomic E-state index is 12.6. The average Bonchev–Trinajstić information content (AvgIpc) is 2.60. The summed E-state index contributed by atoms with van der Waals surface area (Å²) in [5.74, 6) is 0.956. The summed E-state index contributed by atoms with van der Waals surface area (Å²) in [4.78, 5) is 12.6. The molecule has 0 N–H and O–H groups in total. The Balaban J connectivity index is 2.20. The van der Waals surface area contributed by atoms with E-state index < -0.39 is 0 Å². The summed E-state index contributed by atoms with van der Waals surface area (Å²) < 4.78 is 10.6. The van der Waals surface area contributed by atoms with E-state index in [0.717, 1.165) is 5.39 Å². The molecule has 0 spiro atoms. The Morgan fingerprint density at radius 3 is 2.36 bits per heavy atom. The van der Waals surface area contributed by atoms with Crippen molar-refractivity contribution < 1.29 is 14.3 Å². The summed E-state index contributed by atoms with van der Waals surface area (Å²) in [6, 6.07) is 12.5. The van der Waals surface area contributed by atoms with Gasteiger partial charge in [0.1, 0.15) is 5.69 Å². The second-order valence-corrected chi connectivity index (χ2v) is 4.68. The van der Waals surface area contributed by atoms with Gasteiger partial charge in [-0.05, 0) is 12.1 Å². The number of benzene rings is 2. The molecule has 1 heterocycles. The van der Waals surface area contributed by atoms with E-state index in [0.29, 0.717) is 28.1 Å². The number of methoxy groups -OCH3 is 2. The minimum absolute atomic E-state index is 0.175. The number of fused-ring (bicyclic) bond motifs is 1. The topological polar surface area (TPSA) is 61.3 Å². The molecule has 1 aromatic heterocycles. The Kier molecular flexibility index (Phi) is 3.70. The van der Waals surface area contributed by atoms with Crippen LogP contribution in [0.25, 0.3) is 10.8 Å². The molecular formula is C17H14N2O3. The van der Waals surface area contributed by atoms with Crippen LogP contribution in [0.2, 0.25) is 0 Å². The van der Waals surface area contributed by atoms with Gasteiger partial charge in [-0.15, -0.1) is 5.10 Å². The lowest BCUT2D eigenvalue weighted by Crippen LogP contribution is -2.06. The Hall–Kier alpha value is -2.95. The van der Waals surface area contributed by atoms with Crippen LogP contribution >= 0.6 is 0 Å². The minimum atomic E-state index is -0.175. The first-order chi connectivity index (χ1) is 10.7. The van der Waals surface area contributed by atoms with Crippen LogP contribution < -0.4 is 9.47 Å². The lowest BCUT2D eigenvalue weighted by Gasteiger charge is -2.10. The number of rotatable bonds is 4. The van der Waals surface area contributed by atoms with Crippen molar-refractivity contribution in [1.82, 2.24) is 10.2 Å². The van der Waals surface area contributed by atoms with Gasteiger partial charge in [0.25, 0.3) is 0 Å². The monoisotopic (exact) mass is 294 g/mol. The second-order valence-electron chi connectivity index (χ2n) is 4.68. The van der Waals surface area contributed by atoms with Gasteiger partial charge in [0.15, 0.2) is 11.5 Å². The maximum absolute atomic E-state index is 12.6. The molecule has 0 unspecified atom stereocenters. The number of aromatic nitrogens is 2. The smallest absolute Gasteiger partial charge is 0.213 e. The summed E-state index contributed by atoms with van der Waals surface area (Å²) >= 11 is 0. The molecule has 0 aliphatic heterocycles. The first-order valence-electron chi connectivity index (χ1n) is 6.71. The quantitative estimate of drug-likeness (QED) is 0.692. The van der Waals surface area contributed by atoms with Gasteiger partial charge in [0, 0.05) is 16.3 Å². The third kappa shape index (κ3) is 2.37. The molecule has 3 aromatic rings. The number of ketones is 1. The van der Waals surface area contributed by atoms with E-state index in [1.165, 1.54) is 0 Å². The fourth-order valence-electron chi connectivity index (χ4n) is 2.30. The van der Waals surface area contributed by atoms with Crippen LogP contribution in [-0.2, 0) is 0 Å². The van der Waals surface area contributed by atoms with Crippen LogP contribution in [0.5, 0.6) is 11.5 Å². The predicted molar refractivity (Wildman–Crippen MR) is 82.5 cm³/mol. The van der Waals surface area contributed by atoms with Crippen LogP contribution in [0.15, 0.2) is 48.7 Å². The molecule has 0 saturated carbocycles. The predicted octanol–water partition coefficient (Wildman–Crippen LogP) is 2.88. The van der Waals surface area contributed by atoms with Gasteiger partial charge in [0.2, 0.25) is 5.78 Å². The number of nitrogens with zero attached hydrogens (tertiary/aromatic N) is 2. The van der Waals surface area contributed by atoms with E-state index in [1.807, 2.05) is 18.2 Å². The fraction of sp³-hybridized carbons (Fsp3) is 0.118. The molecule has 0 aliphatic carbocycles. The molecule has 5 heteroatoms. The van der Waals surface area contributed by atoms with Crippen LogP contribution in [0.3, 0.4) is 0 Å². The number of hydrogen-bond acceptors (Lipinski definition) is 5. The third-order valence-electron chi connectivity index (χ3n) is 3.42. The van der Waals surface area contributed by atoms with Crippen molar-refractivity contribution in [2.24, 2.45) is 0 Å². The number of ether oxygens (including phenoxy) is 2. The van der Waals surface area contributed by atoms with Gasteiger partial charge in [-0.1, -0.05) is 30.3 Å². The van der Waals surface area contributed by atoms with Crippen molar-refractivity contribution in [3.63, 3.8) is 0 Å². The molecular weight excluding hydrogens is 280 g/mol. The van der Waals surface area contributed by atoms with Gasteiger partial charge in [-0.25, -0.2) is 0 Å². The summed E-state index contributed by atoms with van der Waals surface area (Å²) in [5.41, 5.74) is 0.865. The molecule has 2 aromatic carbocycles. The van der Waals surface area contributed by atoms with Crippen molar-refractivity contribution in [3.05, 3.63) is 59.9 Å². The van der Waals surface area contributed by atoms with Crippen molar-refractivity contribution >= 4 is 16.6 Å². The molecule has 0 radical (unpaired) electrons. The van der Waals surface area contributed by atoms with E-state index in [2.05, 4.69) is 10.2 Å². The number of hydrogen-bond donors (Lipinski definition) is 0. The van der Waals surface area contributed by atoms with E-state index in [-0.39, 0.29) is 5.78 Å². The number of carbonyl (C=O) groups excluding carboxylic acids is 1. The van der Waals surface area contributed by atoms with Gasteiger partial charge in [0.05, 0.1) is 20.4 Å². The van der Waals surface area contributed by atoms with Gasteiger partial charge in [-0.3, -0.25) is 4.79 Å². The molecule has 0 saturated heterocycles. The largest absolute Gasteiger partial charge is 0.493 e. The third-order valence-corrected chi connectivity index (χ3v) is 3.42. The molecule has 3 rings (SSSR count). The highest BCUT2D eigenvalue weighted by Gasteiger charge is 2.17. The first kappa shape index (κ1) is 14.0. The van der Waals surface area contributed by atoms with E-state index >= 15 is 0 Å². The highest BCUT2D eigenvalue weighted by molar-refractivity contribution is 6.15. The molecule has 0 aliphatic rings. The molecule has 22 heavy (non-hydrogen) atoms. The summed E-state index contributed by atoms with van der Waals surface area (Å²) in [7, 11) is 3.12. The molecule has 0 amide bonds. The molecule has 0 fully saturated rings. The highest BCUT2D eigenvalue weighted by atomic mass is 16.5. The van der Waals surface area contributed by atoms with Crippen LogP contribution in [0.4, 0.5) is 0 Å². The lowest BCUT2D eigenvalue weighted by molar-refractivity contribution is 0.103. The fourth-order valence-corrected chi connectivity index (χ4v) is 2.30. The van der Waals surface area contributed by atoms with Crippen molar-refractivity contribution in [2.75, 3.05) is 14.2 Å². The molecule has 5 nitrogen and oxygen atoms in total. The first-order valence-corrected chi connectivity index (χ1v) is 6.71. The van der Waals surface area contributed by atoms with Crippen molar-refractivity contribution in [1.29, 1.82) is 0 Å². The number of carbonyl (C=O) groups is 1. The maximum Gasteiger partial charge on any atom is 0.213 e. The summed E-state index contributed by atoms with van der Waals surface area (Å²) in [6.45, 7) is 0. The molecule has 0 bridgehead atoms. The zero-order chi connectivity index (χ0) is 15.5. The summed E-state index contributed by atoms with van der Waals surface area (Å²) in [6.07, 6.45) is 1.60. The zero-order valence-corrected chi connectivity index (χ0v) is 12.2. The Bertz CT molecular complexity index is 832. The Labute approximate surface area is 127 Å². The Morgan fingerprint density at radius 1 is 1.00 bits per heavy atom. The van der Waals surface area contributed by atoms with E-state index in [4.69, 9.17) is 9.47 Å². The highest BCUT2D eigenvalue weighted by Crippen LogP contribution is 2.33. The van der Waals surface area contributed by atoms with Gasteiger partial charge >= 0.3 is 0 Å². The van der Waals surface area contributed by atoms with E-state index in [1.54, 1.807) is 44.7 Å². The van der Waals surface area contributed by atoms with Crippen LogP contribution in [0.1, 0.15) is 16.1 Å². The van der Waals surface area contributed by atoms with Gasteiger partial charge < -0.3 is 9.47 Å². The Morgan fingerprint density at radius 2 is 1.68 bits per heavy atom. The molecule has 110 valence electrons. The second kappa shape index (κ2) is 5.81. The normalized spacial score (nSPS) is 10.5. The average molecular weight is 294 g/mol. The lowest BCUT2D eigenvalue weighted by atomic mass is 10.0.